The Balaban J connectivity index is 1.53. The van der Waals surface area contributed by atoms with Gasteiger partial charge in [-0.3, -0.25) is 0 Å². The van der Waals surface area contributed by atoms with E-state index < -0.39 is 0 Å². The van der Waals surface area contributed by atoms with Gasteiger partial charge in [-0.15, -0.1) is 0 Å². The van der Waals surface area contributed by atoms with Gasteiger partial charge in [0, 0.05) is 43.3 Å². The Morgan fingerprint density at radius 3 is 2.71 bits per heavy atom. The lowest BCUT2D eigenvalue weighted by molar-refractivity contribution is 0.208. The largest absolute Gasteiger partial charge is 0.396 e. The van der Waals surface area contributed by atoms with Crippen LogP contribution < -0.4 is 9.80 Å². The first kappa shape index (κ1) is 15.8. The normalized spacial score (nSPS) is 20.3. The van der Waals surface area contributed by atoms with Gasteiger partial charge in [0.15, 0.2) is 0 Å². The fraction of sp³-hybridized carbons (Fsp3) is 0.444. The zero-order valence-electron chi connectivity index (χ0n) is 13.5. The van der Waals surface area contributed by atoms with Crippen LogP contribution in [0.5, 0.6) is 0 Å². The van der Waals surface area contributed by atoms with Crippen molar-refractivity contribution in [1.29, 1.82) is 0 Å². The van der Waals surface area contributed by atoms with Crippen LogP contribution in [0.3, 0.4) is 0 Å². The zero-order valence-corrected chi connectivity index (χ0v) is 15.1. The Labute approximate surface area is 150 Å². The summed E-state index contributed by atoms with van der Waals surface area (Å²) in [6.45, 7) is 3.90. The summed E-state index contributed by atoms with van der Waals surface area (Å²) in [4.78, 5) is 13.5. The van der Waals surface area contributed by atoms with E-state index in [-0.39, 0.29) is 6.61 Å². The van der Waals surface area contributed by atoms with Crippen LogP contribution in [0, 0.1) is 5.92 Å². The number of halogens is 1. The number of aliphatic hydroxyl groups is 1. The summed E-state index contributed by atoms with van der Waals surface area (Å²) < 4.78 is 1.12. The van der Waals surface area contributed by atoms with Crippen LogP contribution >= 0.6 is 15.9 Å². The van der Waals surface area contributed by atoms with Crippen LogP contribution in [0.4, 0.5) is 11.6 Å². The highest BCUT2D eigenvalue weighted by Gasteiger charge is 2.23. The molecule has 126 valence electrons. The van der Waals surface area contributed by atoms with Crippen LogP contribution in [0.2, 0.25) is 0 Å². The van der Waals surface area contributed by atoms with E-state index in [0.717, 1.165) is 55.1 Å². The molecule has 1 atom stereocenters. The monoisotopic (exact) mass is 388 g/mol. The van der Waals surface area contributed by atoms with Crippen molar-refractivity contribution >= 4 is 27.6 Å². The second kappa shape index (κ2) is 6.69. The number of rotatable bonds is 3. The lowest BCUT2D eigenvalue weighted by atomic mass is 9.99. The van der Waals surface area contributed by atoms with Crippen molar-refractivity contribution in [1.82, 2.24) is 9.97 Å². The van der Waals surface area contributed by atoms with Crippen molar-refractivity contribution in [3.63, 3.8) is 0 Å². The molecule has 0 spiro atoms. The molecule has 1 aromatic carbocycles. The van der Waals surface area contributed by atoms with E-state index in [9.17, 15) is 5.11 Å². The molecule has 0 bridgehead atoms. The Kier molecular flexibility index (Phi) is 4.41. The molecule has 3 heterocycles. The second-order valence-electron chi connectivity index (χ2n) is 6.64. The summed E-state index contributed by atoms with van der Waals surface area (Å²) in [5.41, 5.74) is 2.71. The molecule has 1 N–H and O–H groups in total. The predicted molar refractivity (Wildman–Crippen MR) is 98.1 cm³/mol. The van der Waals surface area contributed by atoms with Gasteiger partial charge in [0.05, 0.1) is 0 Å². The minimum atomic E-state index is 0.255. The third-order valence-electron chi connectivity index (χ3n) is 4.95. The molecule has 2 aliphatic rings. The van der Waals surface area contributed by atoms with Gasteiger partial charge in [-0.25, -0.2) is 9.97 Å². The van der Waals surface area contributed by atoms with Crippen molar-refractivity contribution in [3.05, 3.63) is 46.2 Å². The highest BCUT2D eigenvalue weighted by Crippen LogP contribution is 2.30. The number of hydrogen-bond donors (Lipinski definition) is 1. The molecule has 0 saturated carbocycles. The summed E-state index contributed by atoms with van der Waals surface area (Å²) in [5, 5.41) is 9.43. The summed E-state index contributed by atoms with van der Waals surface area (Å²) in [6.07, 6.45) is 3.86. The first-order valence-electron chi connectivity index (χ1n) is 8.43. The van der Waals surface area contributed by atoms with Crippen molar-refractivity contribution in [3.8, 4) is 0 Å². The summed E-state index contributed by atoms with van der Waals surface area (Å²) in [7, 11) is 0. The standard InChI is InChI=1S/C18H21BrN4O/c19-16-4-3-14-9-23(10-15(14)6-16)18-7-17(20-12-21-18)22-5-1-2-13(8-22)11-24/h3-4,6-7,12-13,24H,1-2,5,8-11H2. The van der Waals surface area contributed by atoms with Gasteiger partial charge in [0.2, 0.25) is 0 Å². The molecule has 2 aromatic rings. The highest BCUT2D eigenvalue weighted by molar-refractivity contribution is 9.10. The summed E-state index contributed by atoms with van der Waals surface area (Å²) in [5.74, 6) is 2.29. The molecule has 0 aliphatic carbocycles. The molecule has 4 rings (SSSR count). The van der Waals surface area contributed by atoms with E-state index in [2.05, 4.69) is 60.0 Å². The number of aromatic nitrogens is 2. The number of fused-ring (bicyclic) bond motifs is 1. The van der Waals surface area contributed by atoms with Crippen LogP contribution in [0.1, 0.15) is 24.0 Å². The maximum atomic E-state index is 9.43. The zero-order chi connectivity index (χ0) is 16.5. The maximum absolute atomic E-state index is 9.43. The molecular formula is C18H21BrN4O. The lowest BCUT2D eigenvalue weighted by Gasteiger charge is -2.33. The summed E-state index contributed by atoms with van der Waals surface area (Å²) in [6, 6.07) is 8.54. The van der Waals surface area contributed by atoms with Crippen LogP contribution in [-0.2, 0) is 13.1 Å². The topological polar surface area (TPSA) is 52.5 Å². The molecule has 24 heavy (non-hydrogen) atoms. The molecule has 1 saturated heterocycles. The third-order valence-corrected chi connectivity index (χ3v) is 5.45. The van der Waals surface area contributed by atoms with Crippen molar-refractivity contribution in [2.24, 2.45) is 5.92 Å². The Hall–Kier alpha value is -1.66. The van der Waals surface area contributed by atoms with Crippen molar-refractivity contribution < 1.29 is 5.11 Å². The third kappa shape index (κ3) is 3.13. The van der Waals surface area contributed by atoms with Gasteiger partial charge >= 0.3 is 0 Å². The van der Waals surface area contributed by atoms with Gasteiger partial charge < -0.3 is 14.9 Å². The van der Waals surface area contributed by atoms with Crippen LogP contribution in [0.15, 0.2) is 35.1 Å². The minimum absolute atomic E-state index is 0.255. The SMILES string of the molecule is OCC1CCCN(c2cc(N3Cc4ccc(Br)cc4C3)ncn2)C1. The molecular weight excluding hydrogens is 368 g/mol. The van der Waals surface area contributed by atoms with Crippen LogP contribution in [0.25, 0.3) is 0 Å². The first-order chi connectivity index (χ1) is 11.7. The van der Waals surface area contributed by atoms with Gasteiger partial charge in [-0.1, -0.05) is 22.0 Å². The highest BCUT2D eigenvalue weighted by atomic mass is 79.9. The number of aliphatic hydroxyl groups excluding tert-OH is 1. The maximum Gasteiger partial charge on any atom is 0.134 e. The number of hydrogen-bond acceptors (Lipinski definition) is 5. The number of piperidine rings is 1. The second-order valence-corrected chi connectivity index (χ2v) is 7.56. The van der Waals surface area contributed by atoms with Crippen molar-refractivity contribution in [2.45, 2.75) is 25.9 Å². The van der Waals surface area contributed by atoms with Gasteiger partial charge in [0.1, 0.15) is 18.0 Å². The average Bonchev–Trinajstić information content (AvgIpc) is 3.05. The molecule has 0 amide bonds. The van der Waals surface area contributed by atoms with E-state index >= 15 is 0 Å². The van der Waals surface area contributed by atoms with E-state index in [1.54, 1.807) is 6.33 Å². The molecule has 1 fully saturated rings. The van der Waals surface area contributed by atoms with Gasteiger partial charge in [0.25, 0.3) is 0 Å². The Bertz CT molecular complexity index is 739. The van der Waals surface area contributed by atoms with E-state index in [1.807, 2.05) is 0 Å². The minimum Gasteiger partial charge on any atom is -0.396 e. The molecule has 5 nitrogen and oxygen atoms in total. The number of benzene rings is 1. The molecule has 2 aliphatic heterocycles. The number of nitrogens with zero attached hydrogens (tertiary/aromatic N) is 4. The molecule has 6 heteroatoms. The molecule has 1 aromatic heterocycles. The smallest absolute Gasteiger partial charge is 0.134 e. The van der Waals surface area contributed by atoms with Crippen LogP contribution in [-0.4, -0.2) is 34.8 Å². The average molecular weight is 389 g/mol. The Morgan fingerprint density at radius 2 is 1.88 bits per heavy atom. The van der Waals surface area contributed by atoms with E-state index in [4.69, 9.17) is 0 Å². The summed E-state index contributed by atoms with van der Waals surface area (Å²) >= 11 is 3.55. The fourth-order valence-electron chi connectivity index (χ4n) is 3.63. The Morgan fingerprint density at radius 1 is 1.08 bits per heavy atom. The van der Waals surface area contributed by atoms with Gasteiger partial charge in [-0.2, -0.15) is 0 Å². The molecule has 0 radical (unpaired) electrons. The van der Waals surface area contributed by atoms with E-state index in [1.165, 1.54) is 11.1 Å². The molecule has 1 unspecified atom stereocenters. The van der Waals surface area contributed by atoms with Crippen molar-refractivity contribution in [2.75, 3.05) is 29.5 Å². The number of anilines is 2. The lowest BCUT2D eigenvalue weighted by Crippen LogP contribution is -2.37. The predicted octanol–water partition coefficient (Wildman–Crippen LogP) is 2.97. The fourth-order valence-corrected chi connectivity index (χ4v) is 4.04. The quantitative estimate of drug-likeness (QED) is 0.875. The van der Waals surface area contributed by atoms with E-state index in [0.29, 0.717) is 5.92 Å². The first-order valence-corrected chi connectivity index (χ1v) is 9.22. The van der Waals surface area contributed by atoms with Gasteiger partial charge in [-0.05, 0) is 42.0 Å².